The van der Waals surface area contributed by atoms with Crippen molar-refractivity contribution in [1.29, 1.82) is 0 Å². The van der Waals surface area contributed by atoms with Gasteiger partial charge in [0.05, 0.1) is 6.61 Å². The van der Waals surface area contributed by atoms with Crippen LogP contribution in [-0.2, 0) is 9.53 Å². The predicted molar refractivity (Wildman–Crippen MR) is 56.0 cm³/mol. The van der Waals surface area contributed by atoms with Crippen molar-refractivity contribution in [3.05, 3.63) is 12.2 Å². The molecule has 0 radical (unpaired) electrons. The molecule has 0 aliphatic heterocycles. The summed E-state index contributed by atoms with van der Waals surface area (Å²) in [5, 5.41) is 3.35. The lowest BCUT2D eigenvalue weighted by Gasteiger charge is -2.02. The number of ether oxygens (including phenoxy) is 1. The molecule has 80 valence electrons. The molecule has 0 saturated heterocycles. The SMILES string of the molecule is CCOC(=O)/C=C/CNC1CC1(C)C. The van der Waals surface area contributed by atoms with E-state index < -0.39 is 0 Å². The first-order chi connectivity index (χ1) is 6.56. The van der Waals surface area contributed by atoms with Gasteiger partial charge >= 0.3 is 5.97 Å². The molecule has 1 rings (SSSR count). The van der Waals surface area contributed by atoms with Gasteiger partial charge in [-0.3, -0.25) is 0 Å². The van der Waals surface area contributed by atoms with Gasteiger partial charge in [-0.25, -0.2) is 4.79 Å². The maximum absolute atomic E-state index is 10.9. The fraction of sp³-hybridized carbons (Fsp3) is 0.727. The first-order valence-corrected chi connectivity index (χ1v) is 5.13. The number of esters is 1. The van der Waals surface area contributed by atoms with Crippen molar-refractivity contribution >= 4 is 5.97 Å². The van der Waals surface area contributed by atoms with Crippen molar-refractivity contribution in [3.8, 4) is 0 Å². The average Bonchev–Trinajstić information content (AvgIpc) is 2.69. The van der Waals surface area contributed by atoms with E-state index in [1.54, 1.807) is 6.92 Å². The third kappa shape index (κ3) is 3.50. The van der Waals surface area contributed by atoms with E-state index in [0.29, 0.717) is 18.1 Å². The maximum Gasteiger partial charge on any atom is 0.330 e. The molecule has 0 aromatic heterocycles. The molecule has 0 spiro atoms. The van der Waals surface area contributed by atoms with Crippen LogP contribution in [0.15, 0.2) is 12.2 Å². The number of nitrogens with one attached hydrogen (secondary N) is 1. The first kappa shape index (κ1) is 11.2. The van der Waals surface area contributed by atoms with Crippen LogP contribution in [0.5, 0.6) is 0 Å². The largest absolute Gasteiger partial charge is 0.463 e. The fourth-order valence-corrected chi connectivity index (χ4v) is 1.37. The molecule has 1 unspecified atom stereocenters. The summed E-state index contributed by atoms with van der Waals surface area (Å²) in [5.41, 5.74) is 0.442. The molecule has 0 aromatic carbocycles. The lowest BCUT2D eigenvalue weighted by atomic mass is 10.2. The number of rotatable bonds is 5. The molecule has 1 saturated carbocycles. The normalized spacial score (nSPS) is 23.8. The van der Waals surface area contributed by atoms with Crippen molar-refractivity contribution in [2.24, 2.45) is 5.41 Å². The highest BCUT2D eigenvalue weighted by Crippen LogP contribution is 2.44. The van der Waals surface area contributed by atoms with E-state index in [1.807, 2.05) is 6.08 Å². The number of carbonyl (C=O) groups excluding carboxylic acids is 1. The molecule has 1 aliphatic carbocycles. The van der Waals surface area contributed by atoms with Gasteiger partial charge in [0.15, 0.2) is 0 Å². The molecular weight excluding hydrogens is 178 g/mol. The van der Waals surface area contributed by atoms with Gasteiger partial charge in [0.2, 0.25) is 0 Å². The minimum absolute atomic E-state index is 0.260. The van der Waals surface area contributed by atoms with Crippen molar-refractivity contribution in [2.75, 3.05) is 13.2 Å². The molecule has 1 atom stereocenters. The molecule has 1 fully saturated rings. The maximum atomic E-state index is 10.9. The van der Waals surface area contributed by atoms with E-state index in [-0.39, 0.29) is 5.97 Å². The number of carbonyl (C=O) groups is 1. The molecule has 3 nitrogen and oxygen atoms in total. The molecule has 1 aliphatic rings. The summed E-state index contributed by atoms with van der Waals surface area (Å²) in [7, 11) is 0. The summed E-state index contributed by atoms with van der Waals surface area (Å²) >= 11 is 0. The number of hydrogen-bond acceptors (Lipinski definition) is 3. The topological polar surface area (TPSA) is 38.3 Å². The predicted octanol–water partition coefficient (Wildman–Crippen LogP) is 1.49. The molecule has 0 amide bonds. The van der Waals surface area contributed by atoms with Crippen LogP contribution < -0.4 is 5.32 Å². The molecular formula is C11H19NO2. The summed E-state index contributed by atoms with van der Waals surface area (Å²) in [6.45, 7) is 7.45. The molecule has 1 N–H and O–H groups in total. The smallest absolute Gasteiger partial charge is 0.330 e. The zero-order valence-corrected chi connectivity index (χ0v) is 9.17. The Hall–Kier alpha value is -0.830. The Balaban J connectivity index is 2.07. The van der Waals surface area contributed by atoms with Crippen molar-refractivity contribution in [1.82, 2.24) is 5.32 Å². The highest BCUT2D eigenvalue weighted by molar-refractivity contribution is 5.81. The fourth-order valence-electron chi connectivity index (χ4n) is 1.37. The summed E-state index contributed by atoms with van der Waals surface area (Å²) in [6.07, 6.45) is 4.51. The van der Waals surface area contributed by atoms with Gasteiger partial charge in [-0.1, -0.05) is 19.9 Å². The standard InChI is InChI=1S/C11H19NO2/c1-4-14-10(13)6-5-7-12-9-8-11(9,2)3/h5-6,9,12H,4,7-8H2,1-3H3/b6-5+. The van der Waals surface area contributed by atoms with Crippen LogP contribution >= 0.6 is 0 Å². The van der Waals surface area contributed by atoms with Crippen molar-refractivity contribution in [3.63, 3.8) is 0 Å². The lowest BCUT2D eigenvalue weighted by molar-refractivity contribution is -0.137. The second kappa shape index (κ2) is 4.60. The Kier molecular flexibility index (Phi) is 3.69. The van der Waals surface area contributed by atoms with Crippen LogP contribution in [0.2, 0.25) is 0 Å². The van der Waals surface area contributed by atoms with Crippen LogP contribution in [0.3, 0.4) is 0 Å². The van der Waals surface area contributed by atoms with Crippen LogP contribution in [0, 0.1) is 5.41 Å². The summed E-state index contributed by atoms with van der Waals surface area (Å²) in [5.74, 6) is -0.260. The summed E-state index contributed by atoms with van der Waals surface area (Å²) in [6, 6.07) is 0.606. The van der Waals surface area contributed by atoms with Crippen molar-refractivity contribution in [2.45, 2.75) is 33.2 Å². The van der Waals surface area contributed by atoms with E-state index in [0.717, 1.165) is 6.54 Å². The zero-order valence-electron chi connectivity index (χ0n) is 9.17. The van der Waals surface area contributed by atoms with E-state index >= 15 is 0 Å². The van der Waals surface area contributed by atoms with Crippen molar-refractivity contribution < 1.29 is 9.53 Å². The Labute approximate surface area is 85.5 Å². The van der Waals surface area contributed by atoms with Gasteiger partial charge in [-0.15, -0.1) is 0 Å². The molecule has 14 heavy (non-hydrogen) atoms. The summed E-state index contributed by atoms with van der Waals surface area (Å²) < 4.78 is 4.75. The van der Waals surface area contributed by atoms with Gasteiger partial charge in [-0.05, 0) is 18.8 Å². The minimum atomic E-state index is -0.260. The van der Waals surface area contributed by atoms with Crippen LogP contribution in [0.25, 0.3) is 0 Å². The molecule has 0 heterocycles. The quantitative estimate of drug-likeness (QED) is 0.536. The summed E-state index contributed by atoms with van der Waals surface area (Å²) in [4.78, 5) is 10.9. The van der Waals surface area contributed by atoms with Crippen LogP contribution in [-0.4, -0.2) is 25.2 Å². The second-order valence-corrected chi connectivity index (χ2v) is 4.31. The molecule has 0 aromatic rings. The number of hydrogen-bond donors (Lipinski definition) is 1. The lowest BCUT2D eigenvalue weighted by Crippen LogP contribution is -2.20. The third-order valence-corrected chi connectivity index (χ3v) is 2.54. The third-order valence-electron chi connectivity index (χ3n) is 2.54. The van der Waals surface area contributed by atoms with Gasteiger partial charge in [0.1, 0.15) is 0 Å². The highest BCUT2D eigenvalue weighted by atomic mass is 16.5. The van der Waals surface area contributed by atoms with Crippen LogP contribution in [0.4, 0.5) is 0 Å². The van der Waals surface area contributed by atoms with E-state index in [1.165, 1.54) is 12.5 Å². The second-order valence-electron chi connectivity index (χ2n) is 4.31. The van der Waals surface area contributed by atoms with Gasteiger partial charge in [-0.2, -0.15) is 0 Å². The Morgan fingerprint density at radius 3 is 2.79 bits per heavy atom. The van der Waals surface area contributed by atoms with E-state index in [2.05, 4.69) is 19.2 Å². The highest BCUT2D eigenvalue weighted by Gasteiger charge is 2.44. The van der Waals surface area contributed by atoms with E-state index in [4.69, 9.17) is 4.74 Å². The average molecular weight is 197 g/mol. The Bertz CT molecular complexity index is 233. The van der Waals surface area contributed by atoms with E-state index in [9.17, 15) is 4.79 Å². The molecule has 3 heteroatoms. The Morgan fingerprint density at radius 2 is 2.29 bits per heavy atom. The van der Waals surface area contributed by atoms with Gasteiger partial charge < -0.3 is 10.1 Å². The van der Waals surface area contributed by atoms with Crippen LogP contribution in [0.1, 0.15) is 27.2 Å². The first-order valence-electron chi connectivity index (χ1n) is 5.13. The monoisotopic (exact) mass is 197 g/mol. The van der Waals surface area contributed by atoms with Gasteiger partial charge in [0, 0.05) is 18.7 Å². The van der Waals surface area contributed by atoms with Gasteiger partial charge in [0.25, 0.3) is 0 Å². The molecule has 0 bridgehead atoms. The Morgan fingerprint density at radius 1 is 1.64 bits per heavy atom. The zero-order chi connectivity index (χ0) is 10.6. The minimum Gasteiger partial charge on any atom is -0.463 e.